The van der Waals surface area contributed by atoms with Crippen LogP contribution in [0.25, 0.3) is 23.2 Å². The monoisotopic (exact) mass is 739 g/mol. The number of rotatable bonds is 13. The van der Waals surface area contributed by atoms with Gasteiger partial charge in [-0.3, -0.25) is 0 Å². The van der Waals surface area contributed by atoms with E-state index in [2.05, 4.69) is 39.0 Å². The van der Waals surface area contributed by atoms with Gasteiger partial charge in [0.1, 0.15) is 5.60 Å². The molecular weight excluding hydrogens is 681 g/mol. The molecule has 0 aliphatic heterocycles. The number of carbonyl (C=O) groups excluding carboxylic acids is 2. The van der Waals surface area contributed by atoms with Crippen molar-refractivity contribution in [3.8, 4) is 0 Å². The quantitative estimate of drug-likeness (QED) is 0.163. The van der Waals surface area contributed by atoms with Gasteiger partial charge in [-0.15, -0.1) is 0 Å². The molecule has 0 aliphatic carbocycles. The maximum absolute atomic E-state index is 13.8. The van der Waals surface area contributed by atoms with Gasteiger partial charge in [0.05, 0.1) is 0 Å². The topological polar surface area (TPSA) is 73.7 Å². The molecule has 3 aromatic rings. The van der Waals surface area contributed by atoms with Crippen LogP contribution in [0.15, 0.2) is 42.5 Å². The first-order chi connectivity index (χ1) is 21.6. The Hall–Kier alpha value is -2.81. The third-order valence-electron chi connectivity index (χ3n) is 8.27. The predicted octanol–water partition coefficient (Wildman–Crippen LogP) is 10.4. The minimum atomic E-state index is -2.76. The van der Waals surface area contributed by atoms with Gasteiger partial charge in [0.25, 0.3) is 0 Å². The van der Waals surface area contributed by atoms with E-state index in [0.717, 1.165) is 22.3 Å². The molecule has 1 heterocycles. The summed E-state index contributed by atoms with van der Waals surface area (Å²) in [7, 11) is 1.70. The summed E-state index contributed by atoms with van der Waals surface area (Å²) in [5.74, 6) is 0.535. The van der Waals surface area contributed by atoms with Crippen LogP contribution in [0.5, 0.6) is 0 Å². The third kappa shape index (κ3) is 10.3. The summed E-state index contributed by atoms with van der Waals surface area (Å²) in [5.41, 5.74) is 2.05. The number of imidazole rings is 1. The van der Waals surface area contributed by atoms with E-state index in [-0.39, 0.29) is 0 Å². The molecule has 0 atom stereocenters. The molecule has 0 aliphatic rings. The number of fused-ring (bicyclic) bond motifs is 1. The van der Waals surface area contributed by atoms with Crippen LogP contribution in [0.2, 0.25) is 13.3 Å². The average molecular weight is 739 g/mol. The normalized spacial score (nSPS) is 12.6. The van der Waals surface area contributed by atoms with Crippen LogP contribution < -0.4 is 8.48 Å². The zero-order valence-electron chi connectivity index (χ0n) is 30.0. The molecule has 0 bridgehead atoms. The van der Waals surface area contributed by atoms with Crippen LogP contribution in [-0.2, 0) is 9.47 Å². The maximum atomic E-state index is 13.8. The van der Waals surface area contributed by atoms with Crippen molar-refractivity contribution in [3.05, 3.63) is 53.9 Å². The number of amides is 1. The van der Waals surface area contributed by atoms with Crippen LogP contribution in [-0.4, -0.2) is 58.4 Å². The Bertz CT molecular complexity index is 1460. The molecule has 46 heavy (non-hydrogen) atoms. The van der Waals surface area contributed by atoms with Crippen molar-refractivity contribution in [2.24, 2.45) is 0 Å². The summed E-state index contributed by atoms with van der Waals surface area (Å²) in [4.78, 5) is 32.7. The van der Waals surface area contributed by atoms with E-state index in [1.807, 2.05) is 78.0 Å². The fraction of sp³-hybridized carbons (Fsp3) is 0.553. The van der Waals surface area contributed by atoms with Crippen molar-refractivity contribution in [3.63, 3.8) is 0 Å². The SMILES string of the molecule is CCC[CH2][Sn]([CH2]CCC)([CH2]CCC)[c]1ccc2nc(/C=C/c3ccc(N(C)C(=O)OC(C)(C)C)cc3)n(C(=O)OC(C)(C)C)c2c1. The first kappa shape index (κ1) is 37.6. The summed E-state index contributed by atoms with van der Waals surface area (Å²) in [5, 5.41) is 0. The van der Waals surface area contributed by atoms with Gasteiger partial charge in [-0.25, -0.2) is 4.79 Å². The molecule has 0 saturated heterocycles. The van der Waals surface area contributed by atoms with Gasteiger partial charge in [-0.05, 0) is 20.8 Å². The first-order valence-corrected chi connectivity index (χ1v) is 24.6. The molecule has 2 aromatic carbocycles. The Balaban J connectivity index is 2.06. The number of unbranched alkanes of at least 4 members (excludes halogenated alkanes) is 3. The predicted molar refractivity (Wildman–Crippen MR) is 196 cm³/mol. The van der Waals surface area contributed by atoms with E-state index in [9.17, 15) is 9.59 Å². The van der Waals surface area contributed by atoms with Crippen molar-refractivity contribution in [2.45, 2.75) is 125 Å². The Morgan fingerprint density at radius 3 is 1.85 bits per heavy atom. The van der Waals surface area contributed by atoms with Crippen molar-refractivity contribution >= 4 is 63.0 Å². The van der Waals surface area contributed by atoms with Gasteiger partial charge >= 0.3 is 240 Å². The number of ether oxygens (including phenoxy) is 2. The van der Waals surface area contributed by atoms with Gasteiger partial charge in [0.15, 0.2) is 0 Å². The van der Waals surface area contributed by atoms with E-state index in [0.29, 0.717) is 5.82 Å². The molecular formula is C38H57N3O4Sn. The molecule has 0 N–H and O–H groups in total. The second-order valence-electron chi connectivity index (χ2n) is 14.5. The molecule has 0 spiro atoms. The van der Waals surface area contributed by atoms with Gasteiger partial charge in [0, 0.05) is 7.05 Å². The summed E-state index contributed by atoms with van der Waals surface area (Å²) < 4.78 is 18.6. The summed E-state index contributed by atoms with van der Waals surface area (Å²) in [6.45, 7) is 18.1. The summed E-state index contributed by atoms with van der Waals surface area (Å²) >= 11 is -2.76. The van der Waals surface area contributed by atoms with E-state index in [1.165, 1.54) is 60.3 Å². The standard InChI is InChI=1S/C26H30N3O4.3C4H9.Sn/c1-25(2,3)32-23(30)28(7)19-15-12-18(13-16-19)14-17-22-27-20-10-8-9-11-21(20)29(22)24(31)33-26(4,5)6;3*1-3-4-2;/h8,10-17H,1-7H3;3*1,3-4H2,2H3;/b17-14+;;;;. The number of aromatic nitrogens is 2. The molecule has 1 amide bonds. The van der Waals surface area contributed by atoms with Crippen molar-refractivity contribution in [1.29, 1.82) is 0 Å². The van der Waals surface area contributed by atoms with Crippen molar-refractivity contribution < 1.29 is 19.1 Å². The molecule has 0 radical (unpaired) electrons. The molecule has 252 valence electrons. The minimum absolute atomic E-state index is 0.408. The fourth-order valence-electron chi connectivity index (χ4n) is 5.80. The Morgan fingerprint density at radius 1 is 0.804 bits per heavy atom. The zero-order valence-corrected chi connectivity index (χ0v) is 32.9. The Labute approximate surface area is 281 Å². The Morgan fingerprint density at radius 2 is 1.35 bits per heavy atom. The molecule has 1 aromatic heterocycles. The number of benzene rings is 2. The second-order valence-corrected chi connectivity index (χ2v) is 27.8. The summed E-state index contributed by atoms with van der Waals surface area (Å²) in [6.07, 6.45) is 10.4. The number of hydrogen-bond acceptors (Lipinski definition) is 5. The fourth-order valence-corrected chi connectivity index (χ4v) is 21.7. The van der Waals surface area contributed by atoms with E-state index in [4.69, 9.17) is 14.5 Å². The molecule has 8 heteroatoms. The molecule has 0 fully saturated rings. The number of carbonyl (C=O) groups is 2. The number of nitrogens with zero attached hydrogens (tertiary/aromatic N) is 3. The van der Waals surface area contributed by atoms with Crippen LogP contribution >= 0.6 is 0 Å². The van der Waals surface area contributed by atoms with Gasteiger partial charge < -0.3 is 4.74 Å². The third-order valence-corrected chi connectivity index (χ3v) is 23.9. The first-order valence-electron chi connectivity index (χ1n) is 17.1. The van der Waals surface area contributed by atoms with Crippen LogP contribution in [0.4, 0.5) is 15.3 Å². The van der Waals surface area contributed by atoms with E-state index >= 15 is 0 Å². The Kier molecular flexibility index (Phi) is 13.4. The van der Waals surface area contributed by atoms with Gasteiger partial charge in [-0.1, -0.05) is 0 Å². The van der Waals surface area contributed by atoms with E-state index < -0.39 is 41.8 Å². The average Bonchev–Trinajstić information content (AvgIpc) is 3.36. The van der Waals surface area contributed by atoms with Crippen LogP contribution in [0.3, 0.4) is 0 Å². The van der Waals surface area contributed by atoms with Gasteiger partial charge in [0.2, 0.25) is 0 Å². The zero-order chi connectivity index (χ0) is 34.1. The van der Waals surface area contributed by atoms with Crippen LogP contribution in [0, 0.1) is 0 Å². The number of hydrogen-bond donors (Lipinski definition) is 0. The molecule has 7 nitrogen and oxygen atoms in total. The van der Waals surface area contributed by atoms with Crippen molar-refractivity contribution in [1.82, 2.24) is 9.55 Å². The molecule has 3 rings (SSSR count). The molecule has 0 saturated carbocycles. The number of anilines is 1. The molecule has 0 unspecified atom stereocenters. The summed E-state index contributed by atoms with van der Waals surface area (Å²) in [6, 6.07) is 14.4. The second kappa shape index (κ2) is 16.3. The van der Waals surface area contributed by atoms with Crippen molar-refractivity contribution in [2.75, 3.05) is 11.9 Å². The van der Waals surface area contributed by atoms with Gasteiger partial charge in [-0.2, -0.15) is 0 Å². The van der Waals surface area contributed by atoms with Crippen LogP contribution in [0.1, 0.15) is 112 Å². The van der Waals surface area contributed by atoms with E-state index in [1.54, 1.807) is 11.6 Å².